The Labute approximate surface area is 109 Å². The van der Waals surface area contributed by atoms with E-state index < -0.39 is 0 Å². The van der Waals surface area contributed by atoms with Crippen LogP contribution >= 0.6 is 15.9 Å². The molecule has 3 nitrogen and oxygen atoms in total. The molecule has 4 heteroatoms. The lowest BCUT2D eigenvalue weighted by molar-refractivity contribution is 0.298. The summed E-state index contributed by atoms with van der Waals surface area (Å²) in [6, 6.07) is 6.24. The van der Waals surface area contributed by atoms with E-state index in [1.807, 2.05) is 16.9 Å². The Balaban J connectivity index is 2.39. The van der Waals surface area contributed by atoms with Crippen molar-refractivity contribution in [2.75, 3.05) is 6.61 Å². The van der Waals surface area contributed by atoms with E-state index in [9.17, 15) is 0 Å². The van der Waals surface area contributed by atoms with Gasteiger partial charge in [0.1, 0.15) is 0 Å². The predicted molar refractivity (Wildman–Crippen MR) is 71.5 cm³/mol. The second kappa shape index (κ2) is 5.02. The van der Waals surface area contributed by atoms with Crippen molar-refractivity contribution in [2.45, 2.75) is 20.3 Å². The smallest absolute Gasteiger partial charge is 0.0793 e. The molecule has 0 aliphatic rings. The lowest BCUT2D eigenvalue weighted by atomic mass is 10.1. The van der Waals surface area contributed by atoms with E-state index in [0.717, 1.165) is 15.9 Å². The first kappa shape index (κ1) is 12.3. The molecular formula is C13H15BrN2O. The van der Waals surface area contributed by atoms with Crippen LogP contribution in [-0.4, -0.2) is 21.5 Å². The highest BCUT2D eigenvalue weighted by Crippen LogP contribution is 2.20. The molecule has 2 aromatic rings. The van der Waals surface area contributed by atoms with Crippen molar-refractivity contribution < 1.29 is 5.11 Å². The summed E-state index contributed by atoms with van der Waals surface area (Å²) in [6.45, 7) is 4.30. The molecule has 0 unspecified atom stereocenters. The Bertz CT molecular complexity index is 534. The van der Waals surface area contributed by atoms with E-state index in [-0.39, 0.29) is 6.61 Å². The van der Waals surface area contributed by atoms with Crippen LogP contribution in [0.1, 0.15) is 16.8 Å². The first-order valence-corrected chi connectivity index (χ1v) is 6.33. The van der Waals surface area contributed by atoms with E-state index in [1.165, 1.54) is 11.1 Å². The Hall–Kier alpha value is -1.13. The van der Waals surface area contributed by atoms with Gasteiger partial charge >= 0.3 is 0 Å². The Morgan fingerprint density at radius 3 is 2.71 bits per heavy atom. The Kier molecular flexibility index (Phi) is 3.64. The number of hydrogen-bond acceptors (Lipinski definition) is 2. The van der Waals surface area contributed by atoms with Gasteiger partial charge in [-0.25, -0.2) is 4.68 Å². The summed E-state index contributed by atoms with van der Waals surface area (Å²) in [5, 5.41) is 13.4. The molecule has 1 aromatic heterocycles. The molecule has 0 saturated carbocycles. The highest BCUT2D eigenvalue weighted by atomic mass is 79.9. The van der Waals surface area contributed by atoms with Crippen LogP contribution in [0, 0.1) is 13.8 Å². The van der Waals surface area contributed by atoms with Crippen molar-refractivity contribution in [1.82, 2.24) is 9.78 Å². The minimum Gasteiger partial charge on any atom is -0.396 e. The summed E-state index contributed by atoms with van der Waals surface area (Å²) in [6.07, 6.45) is 2.49. The maximum atomic E-state index is 8.93. The number of rotatable bonds is 3. The number of benzene rings is 1. The van der Waals surface area contributed by atoms with Crippen molar-refractivity contribution in [1.29, 1.82) is 0 Å². The van der Waals surface area contributed by atoms with E-state index in [2.05, 4.69) is 47.0 Å². The molecular weight excluding hydrogens is 280 g/mol. The van der Waals surface area contributed by atoms with Gasteiger partial charge in [-0.05, 0) is 53.0 Å². The van der Waals surface area contributed by atoms with E-state index in [4.69, 9.17) is 5.11 Å². The highest BCUT2D eigenvalue weighted by molar-refractivity contribution is 9.10. The number of halogens is 1. The van der Waals surface area contributed by atoms with Crippen LogP contribution < -0.4 is 0 Å². The van der Waals surface area contributed by atoms with Gasteiger partial charge in [-0.3, -0.25) is 0 Å². The van der Waals surface area contributed by atoms with Crippen molar-refractivity contribution in [3.05, 3.63) is 45.7 Å². The molecule has 0 atom stereocenters. The lowest BCUT2D eigenvalue weighted by Crippen LogP contribution is -1.98. The molecule has 0 aliphatic carbocycles. The average Bonchev–Trinajstić information content (AvgIpc) is 2.65. The molecule has 90 valence electrons. The molecule has 1 N–H and O–H groups in total. The molecule has 0 radical (unpaired) electrons. The molecule has 0 saturated heterocycles. The van der Waals surface area contributed by atoms with Crippen molar-refractivity contribution in [3.8, 4) is 5.69 Å². The van der Waals surface area contributed by atoms with Gasteiger partial charge in [-0.15, -0.1) is 0 Å². The van der Waals surface area contributed by atoms with Crippen LogP contribution in [0.5, 0.6) is 0 Å². The van der Waals surface area contributed by atoms with Gasteiger partial charge in [-0.1, -0.05) is 6.07 Å². The van der Waals surface area contributed by atoms with Crippen molar-refractivity contribution in [3.63, 3.8) is 0 Å². The molecule has 0 fully saturated rings. The van der Waals surface area contributed by atoms with Crippen LogP contribution in [0.4, 0.5) is 0 Å². The molecule has 0 bridgehead atoms. The molecule has 2 rings (SSSR count). The summed E-state index contributed by atoms with van der Waals surface area (Å²) in [5.74, 6) is 0. The molecule has 17 heavy (non-hydrogen) atoms. The standard InChI is InChI=1S/C13H15BrN2O/c1-9-3-4-11(7-10(9)2)16-8-12(14)13(15-16)5-6-17/h3-4,7-8,17H,5-6H2,1-2H3. The highest BCUT2D eigenvalue weighted by Gasteiger charge is 2.07. The van der Waals surface area contributed by atoms with Gasteiger partial charge in [0.05, 0.1) is 15.9 Å². The number of nitrogens with zero attached hydrogens (tertiary/aromatic N) is 2. The number of aliphatic hydroxyl groups excluding tert-OH is 1. The summed E-state index contributed by atoms with van der Waals surface area (Å²) in [7, 11) is 0. The molecule has 1 heterocycles. The van der Waals surface area contributed by atoms with Gasteiger partial charge in [-0.2, -0.15) is 5.10 Å². The quantitative estimate of drug-likeness (QED) is 0.945. The fourth-order valence-electron chi connectivity index (χ4n) is 1.66. The van der Waals surface area contributed by atoms with Crippen LogP contribution in [-0.2, 0) is 6.42 Å². The minimum atomic E-state index is 0.114. The van der Waals surface area contributed by atoms with Crippen LogP contribution in [0.25, 0.3) is 5.69 Å². The van der Waals surface area contributed by atoms with Crippen LogP contribution in [0.3, 0.4) is 0 Å². The van der Waals surface area contributed by atoms with E-state index >= 15 is 0 Å². The second-order valence-electron chi connectivity index (χ2n) is 4.11. The third kappa shape index (κ3) is 2.58. The number of aromatic nitrogens is 2. The maximum Gasteiger partial charge on any atom is 0.0793 e. The van der Waals surface area contributed by atoms with Gasteiger partial charge in [0, 0.05) is 19.2 Å². The van der Waals surface area contributed by atoms with Gasteiger partial charge in [0.2, 0.25) is 0 Å². The van der Waals surface area contributed by atoms with Crippen LogP contribution in [0.2, 0.25) is 0 Å². The summed E-state index contributed by atoms with van der Waals surface area (Å²) < 4.78 is 2.77. The van der Waals surface area contributed by atoms with Crippen molar-refractivity contribution >= 4 is 15.9 Å². The molecule has 0 spiro atoms. The molecule has 0 amide bonds. The number of hydrogen-bond donors (Lipinski definition) is 1. The minimum absolute atomic E-state index is 0.114. The Morgan fingerprint density at radius 1 is 1.29 bits per heavy atom. The normalized spacial score (nSPS) is 10.8. The van der Waals surface area contributed by atoms with Crippen LogP contribution in [0.15, 0.2) is 28.9 Å². The van der Waals surface area contributed by atoms with E-state index in [0.29, 0.717) is 6.42 Å². The fourth-order valence-corrected chi connectivity index (χ4v) is 2.14. The first-order chi connectivity index (χ1) is 8.11. The summed E-state index contributed by atoms with van der Waals surface area (Å²) in [4.78, 5) is 0. The van der Waals surface area contributed by atoms with Crippen molar-refractivity contribution in [2.24, 2.45) is 0 Å². The lowest BCUT2D eigenvalue weighted by Gasteiger charge is -2.04. The maximum absolute atomic E-state index is 8.93. The molecule has 1 aromatic carbocycles. The third-order valence-corrected chi connectivity index (χ3v) is 3.51. The van der Waals surface area contributed by atoms with Gasteiger partial charge in [0.25, 0.3) is 0 Å². The zero-order chi connectivity index (χ0) is 12.4. The average molecular weight is 295 g/mol. The largest absolute Gasteiger partial charge is 0.396 e. The summed E-state index contributed by atoms with van der Waals surface area (Å²) >= 11 is 3.45. The second-order valence-corrected chi connectivity index (χ2v) is 4.96. The third-order valence-electron chi connectivity index (χ3n) is 2.84. The topological polar surface area (TPSA) is 38.0 Å². The van der Waals surface area contributed by atoms with Gasteiger partial charge in [0.15, 0.2) is 0 Å². The predicted octanol–water partition coefficient (Wildman–Crippen LogP) is 2.79. The summed E-state index contributed by atoms with van der Waals surface area (Å²) in [5.41, 5.74) is 4.44. The number of aryl methyl sites for hydroxylation is 2. The zero-order valence-electron chi connectivity index (χ0n) is 9.94. The van der Waals surface area contributed by atoms with Gasteiger partial charge < -0.3 is 5.11 Å². The SMILES string of the molecule is Cc1ccc(-n2cc(Br)c(CCO)n2)cc1C. The fraction of sp³-hybridized carbons (Fsp3) is 0.308. The zero-order valence-corrected chi connectivity index (χ0v) is 11.5. The number of aliphatic hydroxyl groups is 1. The first-order valence-electron chi connectivity index (χ1n) is 5.54. The molecule has 0 aliphatic heterocycles. The Morgan fingerprint density at radius 2 is 2.06 bits per heavy atom. The monoisotopic (exact) mass is 294 g/mol. The van der Waals surface area contributed by atoms with E-state index in [1.54, 1.807) is 0 Å².